The Morgan fingerprint density at radius 1 is 1.53 bits per heavy atom. The maximum absolute atomic E-state index is 11.5. The Labute approximate surface area is 106 Å². The van der Waals surface area contributed by atoms with E-state index >= 15 is 0 Å². The number of nitrogens with two attached hydrogens (primary N) is 1. The van der Waals surface area contributed by atoms with Crippen LogP contribution in [0.2, 0.25) is 5.02 Å². The van der Waals surface area contributed by atoms with Crippen molar-refractivity contribution in [2.45, 2.75) is 19.8 Å². The Balaban J connectivity index is 2.86. The Bertz CT molecular complexity index is 460. The van der Waals surface area contributed by atoms with Crippen molar-refractivity contribution in [2.75, 3.05) is 11.9 Å². The lowest BCUT2D eigenvalue weighted by atomic mass is 10.2. The van der Waals surface area contributed by atoms with E-state index in [2.05, 4.69) is 17.2 Å². The van der Waals surface area contributed by atoms with Crippen LogP contribution in [0.4, 0.5) is 5.69 Å². The van der Waals surface area contributed by atoms with Gasteiger partial charge in [-0.2, -0.15) is 0 Å². The summed E-state index contributed by atoms with van der Waals surface area (Å²) < 4.78 is 0. The van der Waals surface area contributed by atoms with E-state index in [0.29, 0.717) is 23.7 Å². The smallest absolute Gasteiger partial charge is 0.224 e. The first kappa shape index (κ1) is 13.6. The summed E-state index contributed by atoms with van der Waals surface area (Å²) >= 11 is 5.99. The average Bonchev–Trinajstić information content (AvgIpc) is 2.30. The number of anilines is 1. The molecular weight excluding hydrogens is 236 g/mol. The number of hydrogen-bond donors (Lipinski definition) is 2. The number of nitrogens with one attached hydrogen (secondary N) is 1. The van der Waals surface area contributed by atoms with Crippen LogP contribution in [0.5, 0.6) is 0 Å². The first-order chi connectivity index (χ1) is 8.17. The summed E-state index contributed by atoms with van der Waals surface area (Å²) in [5, 5.41) is 3.27. The van der Waals surface area contributed by atoms with E-state index < -0.39 is 0 Å². The van der Waals surface area contributed by atoms with E-state index in [0.717, 1.165) is 12.0 Å². The van der Waals surface area contributed by atoms with E-state index in [4.69, 9.17) is 17.3 Å². The van der Waals surface area contributed by atoms with Crippen LogP contribution in [0.25, 0.3) is 0 Å². The normalized spacial score (nSPS) is 9.35. The number of carbonyl (C=O) groups excluding carboxylic acids is 1. The minimum atomic E-state index is -0.0432. The predicted molar refractivity (Wildman–Crippen MR) is 70.9 cm³/mol. The third-order valence-corrected chi connectivity index (χ3v) is 2.38. The van der Waals surface area contributed by atoms with Crippen LogP contribution in [0.1, 0.15) is 25.3 Å². The molecule has 0 saturated heterocycles. The summed E-state index contributed by atoms with van der Waals surface area (Å²) in [6.45, 7) is 2.25. The Morgan fingerprint density at radius 2 is 2.29 bits per heavy atom. The number of carbonyl (C=O) groups is 1. The van der Waals surface area contributed by atoms with E-state index in [1.165, 1.54) is 0 Å². The molecule has 0 radical (unpaired) electrons. The van der Waals surface area contributed by atoms with Crippen molar-refractivity contribution in [2.24, 2.45) is 5.73 Å². The molecule has 0 saturated carbocycles. The minimum absolute atomic E-state index is 0.0432. The molecule has 3 nitrogen and oxygen atoms in total. The van der Waals surface area contributed by atoms with Crippen LogP contribution >= 0.6 is 11.6 Å². The molecule has 1 rings (SSSR count). The molecule has 0 spiro atoms. The number of benzene rings is 1. The van der Waals surface area contributed by atoms with Gasteiger partial charge in [-0.3, -0.25) is 4.79 Å². The van der Waals surface area contributed by atoms with Crippen molar-refractivity contribution >= 4 is 23.2 Å². The number of rotatable bonds is 3. The molecule has 0 aliphatic heterocycles. The molecule has 17 heavy (non-hydrogen) atoms. The molecule has 1 aromatic carbocycles. The third-order valence-electron chi connectivity index (χ3n) is 2.05. The highest BCUT2D eigenvalue weighted by atomic mass is 35.5. The van der Waals surface area contributed by atoms with Crippen molar-refractivity contribution in [1.29, 1.82) is 0 Å². The Hall–Kier alpha value is -1.50. The molecule has 4 heteroatoms. The fourth-order valence-electron chi connectivity index (χ4n) is 1.29. The second-order valence-corrected chi connectivity index (χ2v) is 3.91. The van der Waals surface area contributed by atoms with Crippen LogP contribution in [0.15, 0.2) is 18.2 Å². The second kappa shape index (κ2) is 6.95. The lowest BCUT2D eigenvalue weighted by molar-refractivity contribution is -0.116. The zero-order valence-electron chi connectivity index (χ0n) is 9.72. The number of amides is 1. The highest BCUT2D eigenvalue weighted by molar-refractivity contribution is 6.33. The molecule has 90 valence electrons. The highest BCUT2D eigenvalue weighted by Gasteiger charge is 2.05. The Morgan fingerprint density at radius 3 is 2.94 bits per heavy atom. The first-order valence-corrected chi connectivity index (χ1v) is 5.83. The van der Waals surface area contributed by atoms with Gasteiger partial charge in [0.05, 0.1) is 17.3 Å². The monoisotopic (exact) mass is 250 g/mol. The molecule has 0 aliphatic rings. The molecule has 0 unspecified atom stereocenters. The number of halogens is 1. The van der Waals surface area contributed by atoms with Gasteiger partial charge < -0.3 is 11.1 Å². The van der Waals surface area contributed by atoms with Crippen LogP contribution in [0.3, 0.4) is 0 Å². The largest absolute Gasteiger partial charge is 0.325 e. The summed E-state index contributed by atoms with van der Waals surface area (Å²) in [5.74, 6) is 5.60. The third kappa shape index (κ3) is 4.48. The maximum atomic E-state index is 11.5. The molecular formula is C13H15ClN2O. The zero-order chi connectivity index (χ0) is 12.7. The van der Waals surface area contributed by atoms with Gasteiger partial charge in [0.2, 0.25) is 5.91 Å². The molecule has 1 aromatic rings. The van der Waals surface area contributed by atoms with Crippen LogP contribution < -0.4 is 11.1 Å². The molecule has 0 bridgehead atoms. The summed E-state index contributed by atoms with van der Waals surface area (Å²) in [6, 6.07) is 5.25. The van der Waals surface area contributed by atoms with Gasteiger partial charge in [-0.25, -0.2) is 0 Å². The lowest BCUT2D eigenvalue weighted by Crippen LogP contribution is -2.11. The molecule has 0 heterocycles. The zero-order valence-corrected chi connectivity index (χ0v) is 10.5. The minimum Gasteiger partial charge on any atom is -0.325 e. The van der Waals surface area contributed by atoms with E-state index in [1.54, 1.807) is 18.2 Å². The van der Waals surface area contributed by atoms with E-state index in [9.17, 15) is 4.79 Å². The molecule has 3 N–H and O–H groups in total. The Kier molecular flexibility index (Phi) is 5.55. The molecule has 0 fully saturated rings. The standard InChI is InChI=1S/C13H15ClN2O/c1-2-4-13(17)16-12-9-10(5-3-8-15)6-7-11(12)14/h6-7,9H,2,4,8,15H2,1H3,(H,16,17). The van der Waals surface area contributed by atoms with E-state index in [1.807, 2.05) is 6.92 Å². The van der Waals surface area contributed by atoms with Gasteiger partial charge in [0.25, 0.3) is 0 Å². The predicted octanol–water partition coefficient (Wildman–Crippen LogP) is 2.39. The average molecular weight is 251 g/mol. The van der Waals surface area contributed by atoms with Gasteiger partial charge in [0.15, 0.2) is 0 Å². The van der Waals surface area contributed by atoms with Crippen LogP contribution in [-0.2, 0) is 4.79 Å². The fourth-order valence-corrected chi connectivity index (χ4v) is 1.46. The van der Waals surface area contributed by atoms with Crippen molar-refractivity contribution in [1.82, 2.24) is 0 Å². The SMILES string of the molecule is CCCC(=O)Nc1cc(C#CCN)ccc1Cl. The summed E-state index contributed by atoms with van der Waals surface area (Å²) in [4.78, 5) is 11.5. The van der Waals surface area contributed by atoms with E-state index in [-0.39, 0.29) is 5.91 Å². The van der Waals surface area contributed by atoms with Gasteiger partial charge in [-0.15, -0.1) is 0 Å². The summed E-state index contributed by atoms with van der Waals surface area (Å²) in [7, 11) is 0. The van der Waals surface area contributed by atoms with Gasteiger partial charge in [-0.1, -0.05) is 30.4 Å². The molecule has 0 aromatic heterocycles. The van der Waals surface area contributed by atoms with Crippen LogP contribution in [-0.4, -0.2) is 12.5 Å². The lowest BCUT2D eigenvalue weighted by Gasteiger charge is -2.06. The van der Waals surface area contributed by atoms with Crippen molar-refractivity contribution in [3.8, 4) is 11.8 Å². The van der Waals surface area contributed by atoms with Gasteiger partial charge in [0.1, 0.15) is 0 Å². The van der Waals surface area contributed by atoms with Crippen molar-refractivity contribution in [3.05, 3.63) is 28.8 Å². The second-order valence-electron chi connectivity index (χ2n) is 3.50. The molecule has 1 amide bonds. The molecule has 0 atom stereocenters. The van der Waals surface area contributed by atoms with Gasteiger partial charge in [-0.05, 0) is 24.6 Å². The fraction of sp³-hybridized carbons (Fsp3) is 0.308. The van der Waals surface area contributed by atoms with Gasteiger partial charge in [0, 0.05) is 12.0 Å². The topological polar surface area (TPSA) is 55.1 Å². The van der Waals surface area contributed by atoms with Crippen LogP contribution in [0, 0.1) is 11.8 Å². The van der Waals surface area contributed by atoms with Crippen molar-refractivity contribution < 1.29 is 4.79 Å². The quantitative estimate of drug-likeness (QED) is 0.810. The van der Waals surface area contributed by atoms with Crippen molar-refractivity contribution in [3.63, 3.8) is 0 Å². The van der Waals surface area contributed by atoms with Gasteiger partial charge >= 0.3 is 0 Å². The maximum Gasteiger partial charge on any atom is 0.224 e. The number of hydrogen-bond acceptors (Lipinski definition) is 2. The highest BCUT2D eigenvalue weighted by Crippen LogP contribution is 2.22. The summed E-state index contributed by atoms with van der Waals surface area (Å²) in [5.41, 5.74) is 6.67. The molecule has 0 aliphatic carbocycles. The first-order valence-electron chi connectivity index (χ1n) is 5.45. The summed E-state index contributed by atoms with van der Waals surface area (Å²) in [6.07, 6.45) is 1.28.